The van der Waals surface area contributed by atoms with Gasteiger partial charge in [0.2, 0.25) is 5.91 Å². The Morgan fingerprint density at radius 1 is 1.00 bits per heavy atom. The van der Waals surface area contributed by atoms with E-state index in [1.165, 1.54) is 11.6 Å². The van der Waals surface area contributed by atoms with E-state index in [9.17, 15) is 9.59 Å². The Morgan fingerprint density at radius 3 is 2.52 bits per heavy atom. The third-order valence-corrected chi connectivity index (χ3v) is 5.51. The Bertz CT molecular complexity index is 1010. The van der Waals surface area contributed by atoms with Crippen molar-refractivity contribution in [1.82, 2.24) is 9.47 Å². The number of carbonyl (C=O) groups excluding carboxylic acids is 1. The molecule has 1 saturated heterocycles. The van der Waals surface area contributed by atoms with Gasteiger partial charge in [0.25, 0.3) is 0 Å². The van der Waals surface area contributed by atoms with Crippen LogP contribution in [0.15, 0.2) is 71.7 Å². The summed E-state index contributed by atoms with van der Waals surface area (Å²) < 4.78 is 1.85. The predicted molar refractivity (Wildman–Crippen MR) is 107 cm³/mol. The van der Waals surface area contributed by atoms with Crippen molar-refractivity contribution in [2.75, 3.05) is 19.6 Å². The standard InChI is InChI=1S/C22H23N3O2/c23-12-17-13-25(14-19(17)16-6-2-1-3-7-16)22(27)15-24-11-10-21(26)18-8-4-5-9-20(18)24/h1-11,17,19H,12-15,23H2/t17-,19+/m1/s1. The molecule has 5 heteroatoms. The van der Waals surface area contributed by atoms with Crippen LogP contribution in [-0.4, -0.2) is 35.0 Å². The fourth-order valence-electron chi connectivity index (χ4n) is 4.04. The number of rotatable bonds is 4. The zero-order chi connectivity index (χ0) is 18.8. The van der Waals surface area contributed by atoms with Gasteiger partial charge in [-0.3, -0.25) is 9.59 Å². The van der Waals surface area contributed by atoms with Crippen molar-refractivity contribution in [3.63, 3.8) is 0 Å². The van der Waals surface area contributed by atoms with E-state index in [0.29, 0.717) is 25.0 Å². The number of amides is 1. The summed E-state index contributed by atoms with van der Waals surface area (Å²) >= 11 is 0. The number of hydrogen-bond acceptors (Lipinski definition) is 3. The molecule has 1 aliphatic rings. The van der Waals surface area contributed by atoms with Crippen LogP contribution in [0.5, 0.6) is 0 Å². The number of pyridine rings is 1. The van der Waals surface area contributed by atoms with Gasteiger partial charge in [-0.05, 0) is 30.2 Å². The smallest absolute Gasteiger partial charge is 0.242 e. The molecule has 4 rings (SSSR count). The molecule has 3 aromatic rings. The normalized spacial score (nSPS) is 19.5. The van der Waals surface area contributed by atoms with E-state index in [1.54, 1.807) is 12.3 Å². The molecule has 2 atom stereocenters. The van der Waals surface area contributed by atoms with Crippen LogP contribution in [0.2, 0.25) is 0 Å². The minimum absolute atomic E-state index is 0.0252. The lowest BCUT2D eigenvalue weighted by atomic mass is 9.89. The molecule has 2 aromatic carbocycles. The number of nitrogens with zero attached hydrogens (tertiary/aromatic N) is 2. The minimum atomic E-state index is -0.0252. The van der Waals surface area contributed by atoms with Crippen molar-refractivity contribution in [2.45, 2.75) is 12.5 Å². The van der Waals surface area contributed by atoms with Gasteiger partial charge in [0, 0.05) is 36.7 Å². The number of para-hydroxylation sites is 1. The average molecular weight is 361 g/mol. The maximum atomic E-state index is 13.0. The first-order valence-corrected chi connectivity index (χ1v) is 9.28. The number of nitrogens with two attached hydrogens (primary N) is 1. The van der Waals surface area contributed by atoms with Crippen LogP contribution in [0.4, 0.5) is 0 Å². The van der Waals surface area contributed by atoms with E-state index in [0.717, 1.165) is 5.52 Å². The molecule has 0 unspecified atom stereocenters. The van der Waals surface area contributed by atoms with Crippen molar-refractivity contribution in [1.29, 1.82) is 0 Å². The third kappa shape index (κ3) is 3.38. The van der Waals surface area contributed by atoms with Crippen LogP contribution in [0.1, 0.15) is 11.5 Å². The zero-order valence-corrected chi connectivity index (χ0v) is 15.1. The molecular formula is C22H23N3O2. The van der Waals surface area contributed by atoms with Gasteiger partial charge in [-0.25, -0.2) is 0 Å². The molecular weight excluding hydrogens is 338 g/mol. The van der Waals surface area contributed by atoms with E-state index in [1.807, 2.05) is 45.9 Å². The topological polar surface area (TPSA) is 68.3 Å². The van der Waals surface area contributed by atoms with Crippen molar-refractivity contribution < 1.29 is 4.79 Å². The molecule has 1 aliphatic heterocycles. The molecule has 138 valence electrons. The van der Waals surface area contributed by atoms with Crippen LogP contribution in [0.3, 0.4) is 0 Å². The molecule has 0 saturated carbocycles. The SMILES string of the molecule is NC[C@@H]1CN(C(=O)Cn2ccc(=O)c3ccccc32)C[C@H]1c1ccccc1. The van der Waals surface area contributed by atoms with Crippen LogP contribution >= 0.6 is 0 Å². The Balaban J connectivity index is 1.56. The van der Waals surface area contributed by atoms with Crippen LogP contribution in [0.25, 0.3) is 10.9 Å². The molecule has 2 heterocycles. The van der Waals surface area contributed by atoms with Crippen LogP contribution in [0, 0.1) is 5.92 Å². The van der Waals surface area contributed by atoms with Gasteiger partial charge in [-0.1, -0.05) is 42.5 Å². The summed E-state index contributed by atoms with van der Waals surface area (Å²) in [6.45, 7) is 2.14. The number of aromatic nitrogens is 1. The second-order valence-corrected chi connectivity index (χ2v) is 7.14. The molecule has 1 aromatic heterocycles. The van der Waals surface area contributed by atoms with Gasteiger partial charge in [0.15, 0.2) is 5.43 Å². The predicted octanol–water partition coefficient (Wildman–Crippen LogP) is 2.20. The van der Waals surface area contributed by atoms with Crippen molar-refractivity contribution in [2.24, 2.45) is 11.7 Å². The fourth-order valence-corrected chi connectivity index (χ4v) is 4.04. The van der Waals surface area contributed by atoms with Gasteiger partial charge in [0.05, 0.1) is 5.52 Å². The molecule has 0 spiro atoms. The first kappa shape index (κ1) is 17.5. The number of benzene rings is 2. The Hall–Kier alpha value is -2.92. The van der Waals surface area contributed by atoms with E-state index in [4.69, 9.17) is 5.73 Å². The van der Waals surface area contributed by atoms with E-state index >= 15 is 0 Å². The number of likely N-dealkylation sites (tertiary alicyclic amines) is 1. The maximum absolute atomic E-state index is 13.0. The fraction of sp³-hybridized carbons (Fsp3) is 0.273. The highest BCUT2D eigenvalue weighted by molar-refractivity contribution is 5.82. The maximum Gasteiger partial charge on any atom is 0.242 e. The summed E-state index contributed by atoms with van der Waals surface area (Å²) in [7, 11) is 0. The number of fused-ring (bicyclic) bond motifs is 1. The highest BCUT2D eigenvalue weighted by atomic mass is 16.2. The molecule has 1 fully saturated rings. The third-order valence-electron chi connectivity index (χ3n) is 5.51. The van der Waals surface area contributed by atoms with E-state index in [2.05, 4.69) is 12.1 Å². The Morgan fingerprint density at radius 2 is 1.74 bits per heavy atom. The minimum Gasteiger partial charge on any atom is -0.340 e. The highest BCUT2D eigenvalue weighted by Crippen LogP contribution is 2.32. The van der Waals surface area contributed by atoms with Crippen molar-refractivity contribution in [3.8, 4) is 0 Å². The summed E-state index contributed by atoms with van der Waals surface area (Å²) in [5, 5.41) is 0.635. The quantitative estimate of drug-likeness (QED) is 0.775. The summed E-state index contributed by atoms with van der Waals surface area (Å²) in [5.41, 5.74) is 7.98. The van der Waals surface area contributed by atoms with Crippen molar-refractivity contribution in [3.05, 3.63) is 82.6 Å². The molecule has 0 radical (unpaired) electrons. The lowest BCUT2D eigenvalue weighted by molar-refractivity contribution is -0.130. The first-order chi connectivity index (χ1) is 13.2. The molecule has 0 bridgehead atoms. The second kappa shape index (κ2) is 7.37. The van der Waals surface area contributed by atoms with Crippen molar-refractivity contribution >= 4 is 16.8 Å². The highest BCUT2D eigenvalue weighted by Gasteiger charge is 2.35. The summed E-state index contributed by atoms with van der Waals surface area (Å²) in [6.07, 6.45) is 1.70. The molecule has 2 N–H and O–H groups in total. The van der Waals surface area contributed by atoms with Gasteiger partial charge < -0.3 is 15.2 Å². The number of carbonyl (C=O) groups is 1. The second-order valence-electron chi connectivity index (χ2n) is 7.14. The molecule has 1 amide bonds. The van der Waals surface area contributed by atoms with Gasteiger partial charge in [-0.15, -0.1) is 0 Å². The molecule has 0 aliphatic carbocycles. The van der Waals surface area contributed by atoms with E-state index < -0.39 is 0 Å². The Labute approximate surface area is 158 Å². The first-order valence-electron chi connectivity index (χ1n) is 9.28. The van der Waals surface area contributed by atoms with Gasteiger partial charge in [0.1, 0.15) is 6.54 Å². The zero-order valence-electron chi connectivity index (χ0n) is 15.1. The summed E-state index contributed by atoms with van der Waals surface area (Å²) in [4.78, 5) is 26.9. The molecule has 5 nitrogen and oxygen atoms in total. The van der Waals surface area contributed by atoms with Gasteiger partial charge >= 0.3 is 0 Å². The monoisotopic (exact) mass is 361 g/mol. The average Bonchev–Trinajstić information content (AvgIpc) is 3.16. The van der Waals surface area contributed by atoms with Gasteiger partial charge in [-0.2, -0.15) is 0 Å². The lowest BCUT2D eigenvalue weighted by Crippen LogP contribution is -2.33. The lowest BCUT2D eigenvalue weighted by Gasteiger charge is -2.18. The van der Waals surface area contributed by atoms with Crippen LogP contribution in [-0.2, 0) is 11.3 Å². The Kier molecular flexibility index (Phi) is 4.77. The summed E-state index contributed by atoms with van der Waals surface area (Å²) in [6, 6.07) is 19.2. The number of hydrogen-bond donors (Lipinski definition) is 1. The summed E-state index contributed by atoms with van der Waals surface area (Å²) in [5.74, 6) is 0.591. The largest absolute Gasteiger partial charge is 0.340 e. The molecule has 27 heavy (non-hydrogen) atoms. The van der Waals surface area contributed by atoms with Crippen LogP contribution < -0.4 is 11.2 Å². The van der Waals surface area contributed by atoms with E-state index in [-0.39, 0.29) is 29.7 Å².